The van der Waals surface area contributed by atoms with E-state index in [0.29, 0.717) is 5.13 Å². The Kier molecular flexibility index (Phi) is 4.80. The van der Waals surface area contributed by atoms with Crippen molar-refractivity contribution in [1.82, 2.24) is 14.8 Å². The zero-order chi connectivity index (χ0) is 18.0. The molecule has 3 aromatic rings. The standard InChI is InChI=1S/C17H19N5O2S/c1-10(2)16-20-21-17(25-16)19-15(24)9-22-8-7-12-13(18-11(3)23)5-4-6-14(12)22/h4-8,10H,9H2,1-3H3,(H,18,23)(H,19,21,24). The Hall–Kier alpha value is -2.74. The first-order chi connectivity index (χ1) is 11.9. The average molecular weight is 357 g/mol. The van der Waals surface area contributed by atoms with Crippen LogP contribution in [0.25, 0.3) is 10.9 Å². The molecule has 0 unspecified atom stereocenters. The van der Waals surface area contributed by atoms with E-state index in [-0.39, 0.29) is 24.3 Å². The molecular formula is C17H19N5O2S. The highest BCUT2D eigenvalue weighted by Gasteiger charge is 2.13. The summed E-state index contributed by atoms with van der Waals surface area (Å²) in [6, 6.07) is 7.48. The van der Waals surface area contributed by atoms with E-state index in [9.17, 15) is 9.59 Å². The molecule has 0 atom stereocenters. The lowest BCUT2D eigenvalue weighted by atomic mass is 10.2. The van der Waals surface area contributed by atoms with Crippen LogP contribution in [0.4, 0.5) is 10.8 Å². The van der Waals surface area contributed by atoms with Crippen molar-refractivity contribution in [1.29, 1.82) is 0 Å². The number of nitrogens with one attached hydrogen (secondary N) is 2. The SMILES string of the molecule is CC(=O)Nc1cccc2c1ccn2CC(=O)Nc1nnc(C(C)C)s1. The van der Waals surface area contributed by atoms with Gasteiger partial charge in [0.05, 0.1) is 11.2 Å². The number of fused-ring (bicyclic) bond motifs is 1. The molecule has 0 saturated carbocycles. The lowest BCUT2D eigenvalue weighted by molar-refractivity contribution is -0.116. The number of aromatic nitrogens is 3. The number of carbonyl (C=O) groups is 2. The lowest BCUT2D eigenvalue weighted by Gasteiger charge is -2.07. The van der Waals surface area contributed by atoms with Gasteiger partial charge in [-0.1, -0.05) is 31.3 Å². The van der Waals surface area contributed by atoms with Gasteiger partial charge in [0.15, 0.2) is 0 Å². The predicted molar refractivity (Wildman–Crippen MR) is 98.9 cm³/mol. The van der Waals surface area contributed by atoms with E-state index in [1.165, 1.54) is 18.3 Å². The van der Waals surface area contributed by atoms with Crippen LogP contribution in [-0.2, 0) is 16.1 Å². The van der Waals surface area contributed by atoms with Gasteiger partial charge in [-0.05, 0) is 18.2 Å². The van der Waals surface area contributed by atoms with Crippen LogP contribution in [0.1, 0.15) is 31.7 Å². The summed E-state index contributed by atoms with van der Waals surface area (Å²) < 4.78 is 1.83. The zero-order valence-electron chi connectivity index (χ0n) is 14.2. The number of rotatable bonds is 5. The minimum absolute atomic E-state index is 0.129. The fourth-order valence-electron chi connectivity index (χ4n) is 2.49. The number of amides is 2. The molecule has 0 saturated heterocycles. The third-order valence-electron chi connectivity index (χ3n) is 3.62. The van der Waals surface area contributed by atoms with Crippen molar-refractivity contribution in [3.8, 4) is 0 Å². The predicted octanol–water partition coefficient (Wildman–Crippen LogP) is 3.21. The first kappa shape index (κ1) is 17.1. The second kappa shape index (κ2) is 7.02. The van der Waals surface area contributed by atoms with E-state index >= 15 is 0 Å². The highest BCUT2D eigenvalue weighted by molar-refractivity contribution is 7.15. The normalized spacial score (nSPS) is 11.0. The molecule has 130 valence electrons. The van der Waals surface area contributed by atoms with Gasteiger partial charge in [0.25, 0.3) is 0 Å². The molecule has 1 aromatic carbocycles. The van der Waals surface area contributed by atoms with Crippen molar-refractivity contribution < 1.29 is 9.59 Å². The van der Waals surface area contributed by atoms with Crippen LogP contribution in [0.5, 0.6) is 0 Å². The first-order valence-electron chi connectivity index (χ1n) is 7.92. The average Bonchev–Trinajstić information content (AvgIpc) is 3.15. The maximum absolute atomic E-state index is 12.3. The Labute approximate surface area is 149 Å². The molecule has 7 nitrogen and oxygen atoms in total. The first-order valence-corrected chi connectivity index (χ1v) is 8.74. The summed E-state index contributed by atoms with van der Waals surface area (Å²) >= 11 is 1.38. The molecular weight excluding hydrogens is 338 g/mol. The van der Waals surface area contributed by atoms with Crippen LogP contribution in [0.2, 0.25) is 0 Å². The van der Waals surface area contributed by atoms with Gasteiger partial charge in [-0.2, -0.15) is 0 Å². The molecule has 25 heavy (non-hydrogen) atoms. The van der Waals surface area contributed by atoms with Crippen molar-refractivity contribution in [2.45, 2.75) is 33.2 Å². The van der Waals surface area contributed by atoms with E-state index in [1.54, 1.807) is 0 Å². The fourth-order valence-corrected chi connectivity index (χ4v) is 3.25. The van der Waals surface area contributed by atoms with Crippen LogP contribution < -0.4 is 10.6 Å². The van der Waals surface area contributed by atoms with Gasteiger partial charge in [-0.3, -0.25) is 14.9 Å². The molecule has 0 radical (unpaired) electrons. The molecule has 0 aliphatic heterocycles. The number of nitrogens with zero attached hydrogens (tertiary/aromatic N) is 3. The Balaban J connectivity index is 1.76. The molecule has 0 aliphatic carbocycles. The Bertz CT molecular complexity index is 928. The van der Waals surface area contributed by atoms with Crippen LogP contribution in [0.3, 0.4) is 0 Å². The molecule has 0 bridgehead atoms. The van der Waals surface area contributed by atoms with Crippen molar-refractivity contribution in [2.75, 3.05) is 10.6 Å². The number of benzene rings is 1. The molecule has 3 rings (SSSR count). The monoisotopic (exact) mass is 357 g/mol. The fraction of sp³-hybridized carbons (Fsp3) is 0.294. The van der Waals surface area contributed by atoms with Gasteiger partial charge < -0.3 is 9.88 Å². The molecule has 2 N–H and O–H groups in total. The largest absolute Gasteiger partial charge is 0.338 e. The minimum atomic E-state index is -0.172. The third-order valence-corrected chi connectivity index (χ3v) is 4.76. The number of anilines is 2. The highest BCUT2D eigenvalue weighted by atomic mass is 32.1. The van der Waals surface area contributed by atoms with Gasteiger partial charge in [0.2, 0.25) is 16.9 Å². The van der Waals surface area contributed by atoms with Gasteiger partial charge >= 0.3 is 0 Å². The zero-order valence-corrected chi connectivity index (χ0v) is 15.1. The second-order valence-electron chi connectivity index (χ2n) is 6.01. The molecule has 0 fully saturated rings. The van der Waals surface area contributed by atoms with E-state index < -0.39 is 0 Å². The Morgan fingerprint density at radius 1 is 1.20 bits per heavy atom. The lowest BCUT2D eigenvalue weighted by Crippen LogP contribution is -2.18. The molecule has 2 amide bonds. The van der Waals surface area contributed by atoms with Crippen LogP contribution in [-0.4, -0.2) is 26.6 Å². The van der Waals surface area contributed by atoms with Crippen molar-refractivity contribution >= 4 is 44.9 Å². The number of hydrogen-bond acceptors (Lipinski definition) is 5. The molecule has 2 heterocycles. The van der Waals surface area contributed by atoms with E-state index in [2.05, 4.69) is 20.8 Å². The van der Waals surface area contributed by atoms with Gasteiger partial charge in [0.1, 0.15) is 11.6 Å². The maximum Gasteiger partial charge on any atom is 0.246 e. The van der Waals surface area contributed by atoms with Crippen LogP contribution in [0.15, 0.2) is 30.5 Å². The molecule has 2 aromatic heterocycles. The quantitative estimate of drug-likeness (QED) is 0.734. The van der Waals surface area contributed by atoms with Crippen molar-refractivity contribution in [3.63, 3.8) is 0 Å². The number of hydrogen-bond donors (Lipinski definition) is 2. The smallest absolute Gasteiger partial charge is 0.246 e. The maximum atomic E-state index is 12.3. The van der Waals surface area contributed by atoms with E-state index in [1.807, 2.05) is 48.9 Å². The van der Waals surface area contributed by atoms with Crippen molar-refractivity contribution in [2.24, 2.45) is 0 Å². The Morgan fingerprint density at radius 3 is 2.68 bits per heavy atom. The summed E-state index contributed by atoms with van der Waals surface area (Å²) in [7, 11) is 0. The van der Waals surface area contributed by atoms with E-state index in [4.69, 9.17) is 0 Å². The topological polar surface area (TPSA) is 88.9 Å². The summed E-state index contributed by atoms with van der Waals surface area (Å²) in [4.78, 5) is 23.6. The highest BCUT2D eigenvalue weighted by Crippen LogP contribution is 2.25. The minimum Gasteiger partial charge on any atom is -0.338 e. The summed E-state index contributed by atoms with van der Waals surface area (Å²) in [6.07, 6.45) is 1.83. The van der Waals surface area contributed by atoms with Gasteiger partial charge in [-0.15, -0.1) is 10.2 Å². The second-order valence-corrected chi connectivity index (χ2v) is 7.02. The molecule has 0 aliphatic rings. The number of carbonyl (C=O) groups excluding carboxylic acids is 2. The summed E-state index contributed by atoms with van der Waals surface area (Å²) in [6.45, 7) is 5.69. The van der Waals surface area contributed by atoms with Crippen LogP contribution >= 0.6 is 11.3 Å². The van der Waals surface area contributed by atoms with E-state index in [0.717, 1.165) is 21.6 Å². The van der Waals surface area contributed by atoms with Gasteiger partial charge in [-0.25, -0.2) is 0 Å². The van der Waals surface area contributed by atoms with Gasteiger partial charge in [0, 0.05) is 24.4 Å². The summed E-state index contributed by atoms with van der Waals surface area (Å²) in [5.41, 5.74) is 1.61. The van der Waals surface area contributed by atoms with Crippen LogP contribution in [0, 0.1) is 0 Å². The summed E-state index contributed by atoms with van der Waals surface area (Å²) in [5, 5.41) is 15.9. The molecule has 0 spiro atoms. The molecule has 8 heteroatoms. The van der Waals surface area contributed by atoms with Crippen molar-refractivity contribution in [3.05, 3.63) is 35.5 Å². The summed E-state index contributed by atoms with van der Waals surface area (Å²) in [5.74, 6) is -0.0205. The Morgan fingerprint density at radius 2 is 2.00 bits per heavy atom. The third kappa shape index (κ3) is 3.85.